The summed E-state index contributed by atoms with van der Waals surface area (Å²) < 4.78 is 0.770. The Kier molecular flexibility index (Phi) is 4.41. The number of nitrogens with zero attached hydrogens (tertiary/aromatic N) is 1. The fraction of sp³-hybridized carbons (Fsp3) is 0.0870. The van der Waals surface area contributed by atoms with Crippen molar-refractivity contribution in [3.8, 4) is 0 Å². The molecule has 0 bridgehead atoms. The van der Waals surface area contributed by atoms with Crippen molar-refractivity contribution in [3.63, 3.8) is 0 Å². The standard InChI is InChI=1S/C23H18INO/c1-17-12-14-23(15-13-17)20(19-10-6-3-7-11-19)21(24)22(26)25(23)16-18-8-4-2-5-9-18/h2-15H,1,16H2. The summed E-state index contributed by atoms with van der Waals surface area (Å²) in [6.07, 6.45) is 8.21. The summed E-state index contributed by atoms with van der Waals surface area (Å²) in [6, 6.07) is 20.3. The molecule has 0 unspecified atom stereocenters. The fourth-order valence-electron chi connectivity index (χ4n) is 3.56. The second-order valence-corrected chi connectivity index (χ2v) is 7.58. The quantitative estimate of drug-likeness (QED) is 0.581. The van der Waals surface area contributed by atoms with Crippen molar-refractivity contribution >= 4 is 34.1 Å². The van der Waals surface area contributed by atoms with Crippen molar-refractivity contribution in [1.29, 1.82) is 0 Å². The van der Waals surface area contributed by atoms with Gasteiger partial charge in [-0.1, -0.05) is 79.4 Å². The van der Waals surface area contributed by atoms with Crippen LogP contribution in [0.15, 0.2) is 101 Å². The van der Waals surface area contributed by atoms with E-state index in [4.69, 9.17) is 0 Å². The second-order valence-electron chi connectivity index (χ2n) is 6.50. The minimum absolute atomic E-state index is 0.0649. The predicted octanol–water partition coefficient (Wildman–Crippen LogP) is 5.30. The molecule has 26 heavy (non-hydrogen) atoms. The van der Waals surface area contributed by atoms with Crippen LogP contribution in [-0.4, -0.2) is 16.3 Å². The lowest BCUT2D eigenvalue weighted by atomic mass is 9.82. The molecule has 1 amide bonds. The first-order chi connectivity index (χ1) is 12.6. The van der Waals surface area contributed by atoms with Gasteiger partial charge >= 0.3 is 0 Å². The van der Waals surface area contributed by atoms with E-state index in [9.17, 15) is 4.79 Å². The number of carbonyl (C=O) groups excluding carboxylic acids is 1. The van der Waals surface area contributed by atoms with Crippen LogP contribution in [0.1, 0.15) is 11.1 Å². The first kappa shape index (κ1) is 17.0. The number of hydrogen-bond donors (Lipinski definition) is 0. The summed E-state index contributed by atoms with van der Waals surface area (Å²) in [5.74, 6) is 0.0649. The molecule has 2 nitrogen and oxygen atoms in total. The number of halogens is 1. The van der Waals surface area contributed by atoms with Crippen LogP contribution in [0.25, 0.3) is 5.57 Å². The van der Waals surface area contributed by atoms with Crippen LogP contribution in [0.5, 0.6) is 0 Å². The zero-order valence-electron chi connectivity index (χ0n) is 14.2. The van der Waals surface area contributed by atoms with Crippen molar-refractivity contribution in [2.45, 2.75) is 12.1 Å². The lowest BCUT2D eigenvalue weighted by molar-refractivity contribution is -0.127. The molecule has 1 aliphatic heterocycles. The monoisotopic (exact) mass is 451 g/mol. The molecule has 0 aromatic heterocycles. The molecule has 2 aliphatic rings. The van der Waals surface area contributed by atoms with Crippen LogP contribution >= 0.6 is 22.6 Å². The van der Waals surface area contributed by atoms with E-state index in [1.807, 2.05) is 53.5 Å². The molecule has 0 saturated carbocycles. The third-order valence-electron chi connectivity index (χ3n) is 4.85. The van der Waals surface area contributed by atoms with Crippen molar-refractivity contribution in [2.24, 2.45) is 0 Å². The SMILES string of the molecule is C=C1C=CC2(C=C1)C(c1ccccc1)=C(I)C(=O)N2Cc1ccccc1. The summed E-state index contributed by atoms with van der Waals surface area (Å²) in [5.41, 5.74) is 3.59. The molecule has 2 aromatic carbocycles. The highest BCUT2D eigenvalue weighted by Gasteiger charge is 2.48. The predicted molar refractivity (Wildman–Crippen MR) is 115 cm³/mol. The Bertz CT molecular complexity index is 938. The van der Waals surface area contributed by atoms with Gasteiger partial charge in [0.15, 0.2) is 0 Å². The van der Waals surface area contributed by atoms with E-state index in [0.717, 1.165) is 25.9 Å². The molecule has 1 aliphatic carbocycles. The van der Waals surface area contributed by atoms with Gasteiger partial charge in [-0.05, 0) is 51.4 Å². The van der Waals surface area contributed by atoms with Crippen LogP contribution in [0.3, 0.4) is 0 Å². The van der Waals surface area contributed by atoms with Gasteiger partial charge in [0.05, 0.1) is 3.58 Å². The molecule has 0 saturated heterocycles. The maximum Gasteiger partial charge on any atom is 0.261 e. The van der Waals surface area contributed by atoms with Gasteiger partial charge in [-0.2, -0.15) is 0 Å². The van der Waals surface area contributed by atoms with Crippen LogP contribution in [-0.2, 0) is 11.3 Å². The molecule has 0 N–H and O–H groups in total. The highest BCUT2D eigenvalue weighted by Crippen LogP contribution is 2.48. The Labute approximate surface area is 167 Å². The number of rotatable bonds is 3. The highest BCUT2D eigenvalue weighted by atomic mass is 127. The molecular weight excluding hydrogens is 433 g/mol. The summed E-state index contributed by atoms with van der Waals surface area (Å²) in [6.45, 7) is 4.58. The highest BCUT2D eigenvalue weighted by molar-refractivity contribution is 14.1. The van der Waals surface area contributed by atoms with Gasteiger partial charge in [-0.25, -0.2) is 0 Å². The van der Waals surface area contributed by atoms with Gasteiger partial charge in [0, 0.05) is 12.1 Å². The summed E-state index contributed by atoms with van der Waals surface area (Å²) >= 11 is 2.20. The molecular formula is C23H18INO. The maximum atomic E-state index is 13.2. The largest absolute Gasteiger partial charge is 0.317 e. The van der Waals surface area contributed by atoms with Gasteiger partial charge < -0.3 is 4.90 Å². The van der Waals surface area contributed by atoms with E-state index < -0.39 is 5.54 Å². The summed E-state index contributed by atoms with van der Waals surface area (Å²) in [5, 5.41) is 0. The fourth-order valence-corrected chi connectivity index (χ4v) is 4.60. The maximum absolute atomic E-state index is 13.2. The number of hydrogen-bond acceptors (Lipinski definition) is 1. The topological polar surface area (TPSA) is 20.3 Å². The van der Waals surface area contributed by atoms with Gasteiger partial charge in [-0.15, -0.1) is 0 Å². The normalized spacial score (nSPS) is 18.3. The molecule has 0 atom stereocenters. The van der Waals surface area contributed by atoms with Crippen LogP contribution < -0.4 is 0 Å². The smallest absolute Gasteiger partial charge is 0.261 e. The van der Waals surface area contributed by atoms with Crippen LogP contribution in [0, 0.1) is 0 Å². The summed E-state index contributed by atoms with van der Waals surface area (Å²) in [7, 11) is 0. The van der Waals surface area contributed by atoms with E-state index >= 15 is 0 Å². The zero-order valence-corrected chi connectivity index (χ0v) is 16.4. The molecule has 3 heteroatoms. The van der Waals surface area contributed by atoms with Crippen molar-refractivity contribution in [1.82, 2.24) is 4.90 Å². The molecule has 1 spiro atoms. The Morgan fingerprint density at radius 1 is 0.923 bits per heavy atom. The van der Waals surface area contributed by atoms with Gasteiger partial charge in [0.25, 0.3) is 5.91 Å². The molecule has 2 aromatic rings. The third kappa shape index (κ3) is 2.76. The Balaban J connectivity index is 1.86. The van der Waals surface area contributed by atoms with E-state index in [1.54, 1.807) is 0 Å². The van der Waals surface area contributed by atoms with E-state index in [0.29, 0.717) is 6.54 Å². The van der Waals surface area contributed by atoms with E-state index in [1.165, 1.54) is 0 Å². The second kappa shape index (κ2) is 6.72. The van der Waals surface area contributed by atoms with E-state index in [2.05, 4.69) is 65.6 Å². The number of allylic oxidation sites excluding steroid dienone is 3. The Morgan fingerprint density at radius 3 is 2.12 bits per heavy atom. The van der Waals surface area contributed by atoms with Crippen molar-refractivity contribution in [3.05, 3.63) is 112 Å². The third-order valence-corrected chi connectivity index (χ3v) is 5.85. The van der Waals surface area contributed by atoms with Gasteiger partial charge in [0.2, 0.25) is 0 Å². The van der Waals surface area contributed by atoms with Crippen molar-refractivity contribution < 1.29 is 4.79 Å². The Hall–Kier alpha value is -2.40. The Morgan fingerprint density at radius 2 is 1.50 bits per heavy atom. The lowest BCUT2D eigenvalue weighted by Crippen LogP contribution is -2.45. The van der Waals surface area contributed by atoms with Crippen LogP contribution in [0.4, 0.5) is 0 Å². The average molecular weight is 451 g/mol. The van der Waals surface area contributed by atoms with Gasteiger partial charge in [-0.3, -0.25) is 4.79 Å². The minimum Gasteiger partial charge on any atom is -0.317 e. The lowest BCUT2D eigenvalue weighted by Gasteiger charge is -2.38. The molecule has 0 radical (unpaired) electrons. The number of amides is 1. The first-order valence-electron chi connectivity index (χ1n) is 8.51. The summed E-state index contributed by atoms with van der Waals surface area (Å²) in [4.78, 5) is 15.2. The van der Waals surface area contributed by atoms with E-state index in [-0.39, 0.29) is 5.91 Å². The molecule has 0 fully saturated rings. The molecule has 128 valence electrons. The number of benzene rings is 2. The van der Waals surface area contributed by atoms with Gasteiger partial charge in [0.1, 0.15) is 5.54 Å². The van der Waals surface area contributed by atoms with Crippen LogP contribution in [0.2, 0.25) is 0 Å². The number of carbonyl (C=O) groups is 1. The first-order valence-corrected chi connectivity index (χ1v) is 9.59. The minimum atomic E-state index is -0.577. The van der Waals surface area contributed by atoms with Crippen molar-refractivity contribution in [2.75, 3.05) is 0 Å². The molecule has 4 rings (SSSR count). The molecule has 1 heterocycles. The average Bonchev–Trinajstić information content (AvgIpc) is 2.87. The zero-order chi connectivity index (χ0) is 18.1.